The number of benzene rings is 1. The Morgan fingerprint density at radius 1 is 1.26 bits per heavy atom. The fourth-order valence-electron chi connectivity index (χ4n) is 2.18. The standard InChI is InChI=1S/C12H10F3N3O/c13-12(14,15)11-17-10(19-18-11)9-3-1-2-7-6-16-5-4-8(7)9/h1-3,16H,4-6H2. The second-order valence-electron chi connectivity index (χ2n) is 4.29. The molecule has 0 unspecified atom stereocenters. The molecule has 100 valence electrons. The van der Waals surface area contributed by atoms with Crippen molar-refractivity contribution < 1.29 is 17.7 Å². The number of hydrogen-bond acceptors (Lipinski definition) is 4. The lowest BCUT2D eigenvalue weighted by atomic mass is 9.95. The molecule has 0 atom stereocenters. The van der Waals surface area contributed by atoms with Crippen LogP contribution in [0.25, 0.3) is 11.5 Å². The maximum Gasteiger partial charge on any atom is 0.455 e. The first kappa shape index (κ1) is 12.2. The molecule has 0 fully saturated rings. The van der Waals surface area contributed by atoms with Gasteiger partial charge in [0, 0.05) is 12.1 Å². The van der Waals surface area contributed by atoms with Crippen molar-refractivity contribution in [3.05, 3.63) is 35.2 Å². The Balaban J connectivity index is 2.05. The molecule has 2 aromatic rings. The van der Waals surface area contributed by atoms with Gasteiger partial charge in [-0.2, -0.15) is 18.2 Å². The SMILES string of the molecule is FC(F)(F)c1noc(-c2cccc3c2CCNC3)n1. The highest BCUT2D eigenvalue weighted by atomic mass is 19.4. The van der Waals surface area contributed by atoms with Crippen molar-refractivity contribution in [3.8, 4) is 11.5 Å². The predicted octanol–water partition coefficient (Wildman–Crippen LogP) is 2.40. The van der Waals surface area contributed by atoms with Gasteiger partial charge in [0.15, 0.2) is 0 Å². The van der Waals surface area contributed by atoms with E-state index < -0.39 is 12.0 Å². The van der Waals surface area contributed by atoms with Crippen molar-refractivity contribution >= 4 is 0 Å². The third-order valence-electron chi connectivity index (χ3n) is 3.05. The Bertz CT molecular complexity index is 607. The summed E-state index contributed by atoms with van der Waals surface area (Å²) in [4.78, 5) is 3.44. The predicted molar refractivity (Wildman–Crippen MR) is 60.1 cm³/mol. The van der Waals surface area contributed by atoms with Crippen LogP contribution in [0, 0.1) is 0 Å². The van der Waals surface area contributed by atoms with E-state index in [4.69, 9.17) is 4.52 Å². The second-order valence-corrected chi connectivity index (χ2v) is 4.29. The summed E-state index contributed by atoms with van der Waals surface area (Å²) in [6.07, 6.45) is -3.85. The van der Waals surface area contributed by atoms with Crippen molar-refractivity contribution in [1.82, 2.24) is 15.5 Å². The van der Waals surface area contributed by atoms with E-state index in [-0.39, 0.29) is 5.89 Å². The highest BCUT2D eigenvalue weighted by molar-refractivity contribution is 5.61. The number of fused-ring (bicyclic) bond motifs is 1. The summed E-state index contributed by atoms with van der Waals surface area (Å²) in [6, 6.07) is 5.42. The Hall–Kier alpha value is -1.89. The first-order chi connectivity index (χ1) is 9.05. The highest BCUT2D eigenvalue weighted by Crippen LogP contribution is 2.31. The fraction of sp³-hybridized carbons (Fsp3) is 0.333. The summed E-state index contributed by atoms with van der Waals surface area (Å²) >= 11 is 0. The molecule has 1 aliphatic rings. The van der Waals surface area contributed by atoms with Gasteiger partial charge >= 0.3 is 6.18 Å². The van der Waals surface area contributed by atoms with Crippen LogP contribution in [0.15, 0.2) is 22.7 Å². The van der Waals surface area contributed by atoms with Crippen LogP contribution in [0.5, 0.6) is 0 Å². The number of nitrogens with zero attached hydrogens (tertiary/aromatic N) is 2. The molecule has 4 nitrogen and oxygen atoms in total. The minimum absolute atomic E-state index is 0.0777. The molecule has 0 amide bonds. The smallest absolute Gasteiger partial charge is 0.334 e. The number of rotatable bonds is 1. The maximum absolute atomic E-state index is 12.5. The van der Waals surface area contributed by atoms with Crippen LogP contribution in [-0.4, -0.2) is 16.7 Å². The first-order valence-corrected chi connectivity index (χ1v) is 5.78. The monoisotopic (exact) mass is 269 g/mol. The van der Waals surface area contributed by atoms with Gasteiger partial charge in [0.1, 0.15) is 0 Å². The lowest BCUT2D eigenvalue weighted by Gasteiger charge is -2.18. The minimum atomic E-state index is -4.59. The van der Waals surface area contributed by atoms with E-state index in [2.05, 4.69) is 15.5 Å². The van der Waals surface area contributed by atoms with Crippen LogP contribution in [0.4, 0.5) is 13.2 Å². The molecule has 1 N–H and O–H groups in total. The zero-order valence-electron chi connectivity index (χ0n) is 9.79. The average Bonchev–Trinajstić information content (AvgIpc) is 2.87. The van der Waals surface area contributed by atoms with Gasteiger partial charge in [-0.3, -0.25) is 0 Å². The van der Waals surface area contributed by atoms with E-state index in [9.17, 15) is 13.2 Å². The van der Waals surface area contributed by atoms with Gasteiger partial charge in [-0.1, -0.05) is 17.3 Å². The lowest BCUT2D eigenvalue weighted by molar-refractivity contribution is -0.146. The molecule has 0 radical (unpaired) electrons. The number of nitrogens with one attached hydrogen (secondary N) is 1. The molecule has 3 rings (SSSR count). The van der Waals surface area contributed by atoms with E-state index >= 15 is 0 Å². The molecule has 0 saturated carbocycles. The highest BCUT2D eigenvalue weighted by Gasteiger charge is 2.37. The zero-order valence-corrected chi connectivity index (χ0v) is 9.79. The van der Waals surface area contributed by atoms with Gasteiger partial charge in [-0.25, -0.2) is 0 Å². The maximum atomic E-state index is 12.5. The Morgan fingerprint density at radius 2 is 2.11 bits per heavy atom. The summed E-state index contributed by atoms with van der Waals surface area (Å²) < 4.78 is 42.1. The Morgan fingerprint density at radius 3 is 2.84 bits per heavy atom. The summed E-state index contributed by atoms with van der Waals surface area (Å²) in [5, 5.41) is 6.19. The van der Waals surface area contributed by atoms with E-state index in [0.29, 0.717) is 12.1 Å². The minimum Gasteiger partial charge on any atom is -0.334 e. The summed E-state index contributed by atoms with van der Waals surface area (Å²) in [5.74, 6) is -1.32. The number of halogens is 3. The summed E-state index contributed by atoms with van der Waals surface area (Å²) in [7, 11) is 0. The van der Waals surface area contributed by atoms with Crippen molar-refractivity contribution in [2.75, 3.05) is 6.54 Å². The lowest BCUT2D eigenvalue weighted by Crippen LogP contribution is -2.24. The average molecular weight is 269 g/mol. The van der Waals surface area contributed by atoms with Crippen molar-refractivity contribution in [3.63, 3.8) is 0 Å². The van der Waals surface area contributed by atoms with Gasteiger partial charge in [0.05, 0.1) is 0 Å². The van der Waals surface area contributed by atoms with Crippen molar-refractivity contribution in [2.45, 2.75) is 19.1 Å². The van der Waals surface area contributed by atoms with Crippen LogP contribution >= 0.6 is 0 Å². The van der Waals surface area contributed by atoms with Crippen molar-refractivity contribution in [2.24, 2.45) is 0 Å². The van der Waals surface area contributed by atoms with E-state index in [1.807, 2.05) is 6.07 Å². The van der Waals surface area contributed by atoms with E-state index in [0.717, 1.165) is 24.1 Å². The fourth-order valence-corrected chi connectivity index (χ4v) is 2.18. The van der Waals surface area contributed by atoms with Crippen LogP contribution in [0.1, 0.15) is 17.0 Å². The van der Waals surface area contributed by atoms with Crippen LogP contribution < -0.4 is 5.32 Å². The molecule has 1 aliphatic heterocycles. The second kappa shape index (κ2) is 4.34. The zero-order chi connectivity index (χ0) is 13.5. The number of aromatic nitrogens is 2. The third-order valence-corrected chi connectivity index (χ3v) is 3.05. The van der Waals surface area contributed by atoms with Crippen LogP contribution in [0.3, 0.4) is 0 Å². The molecule has 0 spiro atoms. The molecule has 0 aliphatic carbocycles. The molecule has 1 aromatic heterocycles. The molecule has 0 saturated heterocycles. The largest absolute Gasteiger partial charge is 0.455 e. The van der Waals surface area contributed by atoms with Gasteiger partial charge in [0.2, 0.25) is 0 Å². The van der Waals surface area contributed by atoms with Gasteiger partial charge < -0.3 is 9.84 Å². The molecule has 2 heterocycles. The third kappa shape index (κ3) is 2.21. The van der Waals surface area contributed by atoms with Crippen LogP contribution in [-0.2, 0) is 19.1 Å². The number of hydrogen-bond donors (Lipinski definition) is 1. The van der Waals surface area contributed by atoms with Gasteiger partial charge in [-0.05, 0) is 30.2 Å². The van der Waals surface area contributed by atoms with E-state index in [1.165, 1.54) is 0 Å². The van der Waals surface area contributed by atoms with Crippen molar-refractivity contribution in [1.29, 1.82) is 0 Å². The molecule has 0 bridgehead atoms. The first-order valence-electron chi connectivity index (χ1n) is 5.78. The van der Waals surface area contributed by atoms with Gasteiger partial charge in [-0.15, -0.1) is 0 Å². The topological polar surface area (TPSA) is 51.0 Å². The Labute approximate surface area is 106 Å². The number of alkyl halides is 3. The summed E-state index contributed by atoms with van der Waals surface area (Å²) in [6.45, 7) is 1.48. The Kier molecular flexibility index (Phi) is 2.78. The van der Waals surface area contributed by atoms with Crippen LogP contribution in [0.2, 0.25) is 0 Å². The molecular weight excluding hydrogens is 259 g/mol. The molecule has 19 heavy (non-hydrogen) atoms. The molecule has 7 heteroatoms. The quantitative estimate of drug-likeness (QED) is 0.863. The molecular formula is C12H10F3N3O. The van der Waals surface area contributed by atoms with E-state index in [1.54, 1.807) is 12.1 Å². The molecule has 1 aromatic carbocycles. The van der Waals surface area contributed by atoms with Gasteiger partial charge in [0.25, 0.3) is 11.7 Å². The normalized spacial score (nSPS) is 15.3. The summed E-state index contributed by atoms with van der Waals surface area (Å²) in [5.41, 5.74) is 2.61.